The number of alkyl halides is 3. The first-order valence-corrected chi connectivity index (χ1v) is 9.17. The minimum absolute atomic E-state index is 0.172. The first-order chi connectivity index (χ1) is 13.8. The van der Waals surface area contributed by atoms with E-state index in [4.69, 9.17) is 4.74 Å². The number of nitrogens with zero attached hydrogens (tertiary/aromatic N) is 3. The van der Waals surface area contributed by atoms with Gasteiger partial charge in [0.1, 0.15) is 5.75 Å². The molecule has 10 heteroatoms. The average Bonchev–Trinajstić information content (AvgIpc) is 3.13. The topological polar surface area (TPSA) is 78.5 Å². The number of ether oxygens (including phenoxy) is 1. The first-order valence-electron chi connectivity index (χ1n) is 9.17. The van der Waals surface area contributed by atoms with Crippen molar-refractivity contribution in [2.45, 2.75) is 30.9 Å². The molecule has 1 aliphatic carbocycles. The third-order valence-electron chi connectivity index (χ3n) is 5.46. The SMILES string of the molecule is COc1ccc(C2(C(=O)N3CCCN3C(=O)c3cn[nH]c3C(F)(F)F)CC2)cc1. The molecule has 1 aliphatic heterocycles. The molecule has 2 heterocycles. The van der Waals surface area contributed by atoms with Gasteiger partial charge in [0.2, 0.25) is 0 Å². The Hall–Kier alpha value is -3.04. The number of hydrogen-bond donors (Lipinski definition) is 1. The fourth-order valence-corrected chi connectivity index (χ4v) is 3.75. The highest BCUT2D eigenvalue weighted by Gasteiger charge is 2.55. The summed E-state index contributed by atoms with van der Waals surface area (Å²) in [4.78, 5) is 26.1. The van der Waals surface area contributed by atoms with Crippen LogP contribution in [0.1, 0.15) is 40.9 Å². The molecule has 0 spiro atoms. The quantitative estimate of drug-likeness (QED) is 0.844. The average molecular weight is 408 g/mol. The number of nitrogens with one attached hydrogen (secondary N) is 1. The van der Waals surface area contributed by atoms with Gasteiger partial charge in [-0.1, -0.05) is 12.1 Å². The minimum atomic E-state index is -4.74. The van der Waals surface area contributed by atoms with E-state index in [9.17, 15) is 22.8 Å². The minimum Gasteiger partial charge on any atom is -0.497 e. The molecule has 1 saturated heterocycles. The monoisotopic (exact) mass is 408 g/mol. The van der Waals surface area contributed by atoms with Crippen LogP contribution >= 0.6 is 0 Å². The summed E-state index contributed by atoms with van der Waals surface area (Å²) in [6, 6.07) is 7.14. The van der Waals surface area contributed by atoms with Gasteiger partial charge in [0.05, 0.1) is 24.3 Å². The number of benzene rings is 1. The van der Waals surface area contributed by atoms with E-state index in [0.717, 1.165) is 16.8 Å². The highest BCUT2D eigenvalue weighted by molar-refractivity contribution is 5.98. The zero-order valence-electron chi connectivity index (χ0n) is 15.6. The Morgan fingerprint density at radius 3 is 2.38 bits per heavy atom. The number of methoxy groups -OCH3 is 1. The van der Waals surface area contributed by atoms with Gasteiger partial charge >= 0.3 is 6.18 Å². The zero-order valence-corrected chi connectivity index (χ0v) is 15.6. The molecule has 2 amide bonds. The fraction of sp³-hybridized carbons (Fsp3) is 0.421. The van der Waals surface area contributed by atoms with Crippen molar-refractivity contribution in [1.82, 2.24) is 20.2 Å². The molecule has 0 atom stereocenters. The van der Waals surface area contributed by atoms with Crippen molar-refractivity contribution >= 4 is 11.8 Å². The second-order valence-corrected chi connectivity index (χ2v) is 7.18. The normalized spacial score (nSPS) is 18.1. The molecule has 1 N–H and O–H groups in total. The number of amides is 2. The van der Waals surface area contributed by atoms with Crippen molar-refractivity contribution in [3.05, 3.63) is 47.3 Å². The predicted molar refractivity (Wildman–Crippen MR) is 94.9 cm³/mol. The molecule has 1 aromatic carbocycles. The maximum Gasteiger partial charge on any atom is 0.433 e. The fourth-order valence-electron chi connectivity index (χ4n) is 3.75. The lowest BCUT2D eigenvalue weighted by molar-refractivity contribution is -0.144. The Labute approximate surface area is 164 Å². The van der Waals surface area contributed by atoms with E-state index >= 15 is 0 Å². The van der Waals surface area contributed by atoms with Gasteiger partial charge in [-0.2, -0.15) is 18.3 Å². The van der Waals surface area contributed by atoms with Gasteiger partial charge in [-0.15, -0.1) is 0 Å². The van der Waals surface area contributed by atoms with E-state index in [1.165, 1.54) is 5.01 Å². The lowest BCUT2D eigenvalue weighted by Gasteiger charge is -2.31. The third kappa shape index (κ3) is 3.22. The van der Waals surface area contributed by atoms with Gasteiger partial charge in [0.25, 0.3) is 11.8 Å². The second-order valence-electron chi connectivity index (χ2n) is 7.18. The maximum absolute atomic E-state index is 13.3. The number of carbonyl (C=O) groups excluding carboxylic acids is 2. The molecule has 0 unspecified atom stereocenters. The van der Waals surface area contributed by atoms with E-state index in [-0.39, 0.29) is 19.0 Å². The summed E-state index contributed by atoms with van der Waals surface area (Å²) in [5.41, 5.74) is -1.75. The van der Waals surface area contributed by atoms with Crippen LogP contribution in [0, 0.1) is 0 Å². The summed E-state index contributed by atoms with van der Waals surface area (Å²) in [6.07, 6.45) is -2.15. The van der Waals surface area contributed by atoms with Crippen LogP contribution in [0.15, 0.2) is 30.5 Å². The summed E-state index contributed by atoms with van der Waals surface area (Å²) in [5.74, 6) is -0.498. The molecule has 7 nitrogen and oxygen atoms in total. The van der Waals surface area contributed by atoms with Gasteiger partial charge in [0, 0.05) is 13.1 Å². The van der Waals surface area contributed by atoms with Crippen LogP contribution in [-0.2, 0) is 16.4 Å². The number of rotatable bonds is 4. The van der Waals surface area contributed by atoms with Crippen molar-refractivity contribution in [2.24, 2.45) is 0 Å². The van der Waals surface area contributed by atoms with E-state index in [1.807, 2.05) is 17.2 Å². The van der Waals surface area contributed by atoms with Crippen LogP contribution in [-0.4, -0.2) is 52.2 Å². The molecule has 29 heavy (non-hydrogen) atoms. The Morgan fingerprint density at radius 2 is 1.79 bits per heavy atom. The van der Waals surface area contributed by atoms with Crippen LogP contribution < -0.4 is 4.74 Å². The van der Waals surface area contributed by atoms with Gasteiger partial charge in [0.15, 0.2) is 5.69 Å². The molecule has 0 bridgehead atoms. The van der Waals surface area contributed by atoms with Crippen LogP contribution in [0.3, 0.4) is 0 Å². The van der Waals surface area contributed by atoms with Gasteiger partial charge in [-0.3, -0.25) is 19.7 Å². The first kappa shape index (κ1) is 19.3. The highest BCUT2D eigenvalue weighted by Crippen LogP contribution is 2.50. The molecule has 2 aliphatic rings. The van der Waals surface area contributed by atoms with E-state index in [2.05, 4.69) is 5.10 Å². The Morgan fingerprint density at radius 1 is 1.14 bits per heavy atom. The van der Waals surface area contributed by atoms with Crippen molar-refractivity contribution in [1.29, 1.82) is 0 Å². The van der Waals surface area contributed by atoms with Crippen molar-refractivity contribution < 1.29 is 27.5 Å². The van der Waals surface area contributed by atoms with Crippen molar-refractivity contribution in [3.8, 4) is 5.75 Å². The number of hydrogen-bond acceptors (Lipinski definition) is 4. The van der Waals surface area contributed by atoms with Crippen LogP contribution in [0.2, 0.25) is 0 Å². The molecule has 1 saturated carbocycles. The summed E-state index contributed by atoms with van der Waals surface area (Å²) in [5, 5.41) is 7.59. The van der Waals surface area contributed by atoms with E-state index in [1.54, 1.807) is 19.2 Å². The second kappa shape index (κ2) is 6.78. The third-order valence-corrected chi connectivity index (χ3v) is 5.46. The lowest BCUT2D eigenvalue weighted by Crippen LogP contribution is -2.49. The molecule has 1 aromatic heterocycles. The number of halogens is 3. The number of aromatic nitrogens is 2. The summed E-state index contributed by atoms with van der Waals surface area (Å²) in [7, 11) is 1.55. The standard InChI is InChI=1S/C19H19F3N4O3/c1-29-13-5-3-12(4-6-13)18(7-8-18)17(28)26-10-2-9-25(26)16(27)14-11-23-24-15(14)19(20,21)22/h3-6,11H,2,7-10H2,1H3,(H,23,24). The molecule has 2 fully saturated rings. The van der Waals surface area contributed by atoms with E-state index in [0.29, 0.717) is 25.0 Å². The Bertz CT molecular complexity index is 935. The Balaban J connectivity index is 1.59. The number of H-pyrrole nitrogens is 1. The highest BCUT2D eigenvalue weighted by atomic mass is 19.4. The summed E-state index contributed by atoms with van der Waals surface area (Å²) >= 11 is 0. The van der Waals surface area contributed by atoms with Crippen LogP contribution in [0.5, 0.6) is 5.75 Å². The smallest absolute Gasteiger partial charge is 0.433 e. The largest absolute Gasteiger partial charge is 0.497 e. The summed E-state index contributed by atoms with van der Waals surface area (Å²) < 4.78 is 44.5. The molecule has 154 valence electrons. The Kier molecular flexibility index (Phi) is 4.51. The molecule has 2 aromatic rings. The van der Waals surface area contributed by atoms with Crippen LogP contribution in [0.4, 0.5) is 13.2 Å². The predicted octanol–water partition coefficient (Wildman–Crippen LogP) is 2.76. The van der Waals surface area contributed by atoms with Crippen LogP contribution in [0.25, 0.3) is 0 Å². The number of carbonyl (C=O) groups is 2. The van der Waals surface area contributed by atoms with E-state index < -0.39 is 28.8 Å². The number of aromatic amines is 1. The van der Waals surface area contributed by atoms with Gasteiger partial charge in [-0.05, 0) is 37.0 Å². The molecular formula is C19H19F3N4O3. The van der Waals surface area contributed by atoms with Crippen molar-refractivity contribution in [2.75, 3.05) is 20.2 Å². The van der Waals surface area contributed by atoms with Gasteiger partial charge in [-0.25, -0.2) is 5.01 Å². The summed E-state index contributed by atoms with van der Waals surface area (Å²) in [6.45, 7) is 0.452. The zero-order chi connectivity index (χ0) is 20.8. The van der Waals surface area contributed by atoms with Crippen molar-refractivity contribution in [3.63, 3.8) is 0 Å². The molecule has 4 rings (SSSR count). The maximum atomic E-state index is 13.3. The lowest BCUT2D eigenvalue weighted by atomic mass is 9.94. The van der Waals surface area contributed by atoms with Gasteiger partial charge < -0.3 is 4.74 Å². The number of hydrazine groups is 1. The molecular weight excluding hydrogens is 389 g/mol. The molecule has 0 radical (unpaired) electrons.